The number of hydrogen-bond acceptors (Lipinski definition) is 5. The fourth-order valence-electron chi connectivity index (χ4n) is 3.76. The highest BCUT2D eigenvalue weighted by Crippen LogP contribution is 2.35. The molecule has 0 saturated carbocycles. The highest BCUT2D eigenvalue weighted by atomic mass is 35.5. The van der Waals surface area contributed by atoms with Gasteiger partial charge in [-0.3, -0.25) is 9.10 Å². The quantitative estimate of drug-likeness (QED) is 0.479. The van der Waals surface area contributed by atoms with Gasteiger partial charge in [0.25, 0.3) is 15.9 Å². The van der Waals surface area contributed by atoms with Crippen LogP contribution in [0.2, 0.25) is 5.02 Å². The lowest BCUT2D eigenvalue weighted by molar-refractivity contribution is -0.124. The molecule has 0 saturated heterocycles. The Balaban J connectivity index is 1.39. The molecule has 1 N–H and O–H groups in total. The van der Waals surface area contributed by atoms with E-state index in [4.69, 9.17) is 16.3 Å². The zero-order valence-corrected chi connectivity index (χ0v) is 19.8. The summed E-state index contributed by atoms with van der Waals surface area (Å²) in [5.74, 6) is -1.26. The summed E-state index contributed by atoms with van der Waals surface area (Å²) in [6, 6.07) is 20.8. The summed E-state index contributed by atoms with van der Waals surface area (Å²) in [6.07, 6.45) is 1.24. The van der Waals surface area contributed by atoms with Crippen molar-refractivity contribution in [3.8, 4) is 0 Å². The molecule has 0 bridgehead atoms. The number of benzene rings is 3. The Kier molecular flexibility index (Phi) is 7.19. The molecule has 7 nitrogen and oxygen atoms in total. The van der Waals surface area contributed by atoms with Crippen molar-refractivity contribution in [3.05, 3.63) is 94.5 Å². The van der Waals surface area contributed by atoms with Crippen LogP contribution in [0.3, 0.4) is 0 Å². The first-order chi connectivity index (χ1) is 16.4. The van der Waals surface area contributed by atoms with Gasteiger partial charge in [0.05, 0.1) is 16.3 Å². The van der Waals surface area contributed by atoms with E-state index in [1.807, 2.05) is 42.5 Å². The first kappa shape index (κ1) is 23.8. The fourth-order valence-corrected chi connectivity index (χ4v) is 5.77. The number of halogens is 1. The minimum Gasteiger partial charge on any atom is -0.452 e. The molecule has 1 amide bonds. The number of carbonyl (C=O) groups excluding carboxylic acids is 2. The van der Waals surface area contributed by atoms with Crippen LogP contribution in [0.15, 0.2) is 77.7 Å². The van der Waals surface area contributed by atoms with Gasteiger partial charge in [-0.25, -0.2) is 13.2 Å². The SMILES string of the molecule is O=C(COC(=O)c1ccc(Cl)c(S(=O)(=O)N2CCc3ccccc32)c1)NCCc1ccccc1. The van der Waals surface area contributed by atoms with Gasteiger partial charge in [0.15, 0.2) is 6.61 Å². The number of anilines is 1. The summed E-state index contributed by atoms with van der Waals surface area (Å²) >= 11 is 6.20. The number of rotatable bonds is 8. The number of hydrogen-bond donors (Lipinski definition) is 1. The third-order valence-electron chi connectivity index (χ3n) is 5.49. The zero-order chi connectivity index (χ0) is 24.1. The van der Waals surface area contributed by atoms with Gasteiger partial charge in [-0.1, -0.05) is 60.1 Å². The van der Waals surface area contributed by atoms with Crippen molar-refractivity contribution in [2.24, 2.45) is 0 Å². The molecule has 1 aliphatic rings. The molecule has 34 heavy (non-hydrogen) atoms. The maximum atomic E-state index is 13.3. The summed E-state index contributed by atoms with van der Waals surface area (Å²) < 4.78 is 33.0. The van der Waals surface area contributed by atoms with Gasteiger partial charge in [0.1, 0.15) is 4.90 Å². The molecule has 3 aromatic carbocycles. The summed E-state index contributed by atoms with van der Waals surface area (Å²) in [5, 5.41) is 2.69. The standard InChI is InChI=1S/C25H23ClN2O5S/c26-21-11-10-20(25(30)33-17-24(29)27-14-12-18-6-2-1-3-7-18)16-23(21)34(31,32)28-15-13-19-8-4-5-9-22(19)28/h1-11,16H,12-15,17H2,(H,27,29). The molecule has 0 fully saturated rings. The predicted molar refractivity (Wildman–Crippen MR) is 130 cm³/mol. The molecule has 176 valence electrons. The van der Waals surface area contributed by atoms with Crippen LogP contribution in [0, 0.1) is 0 Å². The van der Waals surface area contributed by atoms with Crippen molar-refractivity contribution in [2.45, 2.75) is 17.7 Å². The van der Waals surface area contributed by atoms with Crippen molar-refractivity contribution in [2.75, 3.05) is 24.0 Å². The summed E-state index contributed by atoms with van der Waals surface area (Å²) in [6.45, 7) is 0.217. The lowest BCUT2D eigenvalue weighted by atomic mass is 10.1. The van der Waals surface area contributed by atoms with Crippen LogP contribution in [0.4, 0.5) is 5.69 Å². The summed E-state index contributed by atoms with van der Waals surface area (Å²) in [4.78, 5) is 24.3. The number of fused-ring (bicyclic) bond motifs is 1. The second-order valence-electron chi connectivity index (χ2n) is 7.76. The van der Waals surface area contributed by atoms with E-state index >= 15 is 0 Å². The van der Waals surface area contributed by atoms with Gasteiger partial charge in [0.2, 0.25) is 0 Å². The second kappa shape index (κ2) is 10.3. The molecule has 0 atom stereocenters. The topological polar surface area (TPSA) is 92.8 Å². The number of carbonyl (C=O) groups is 2. The number of ether oxygens (including phenoxy) is 1. The van der Waals surface area contributed by atoms with Crippen LogP contribution < -0.4 is 9.62 Å². The molecular formula is C25H23ClN2O5S. The molecule has 0 radical (unpaired) electrons. The first-order valence-electron chi connectivity index (χ1n) is 10.7. The molecule has 0 aliphatic carbocycles. The molecule has 0 unspecified atom stereocenters. The second-order valence-corrected chi connectivity index (χ2v) is 10.0. The third-order valence-corrected chi connectivity index (χ3v) is 7.79. The lowest BCUT2D eigenvalue weighted by Crippen LogP contribution is -2.31. The van der Waals surface area contributed by atoms with Crippen LogP contribution in [0.25, 0.3) is 0 Å². The molecular weight excluding hydrogens is 476 g/mol. The Morgan fingerprint density at radius 1 is 1.00 bits per heavy atom. The van der Waals surface area contributed by atoms with Gasteiger partial charge in [-0.05, 0) is 48.2 Å². The Morgan fingerprint density at radius 3 is 2.53 bits per heavy atom. The van der Waals surface area contributed by atoms with E-state index in [9.17, 15) is 18.0 Å². The first-order valence-corrected chi connectivity index (χ1v) is 12.6. The van der Waals surface area contributed by atoms with Gasteiger partial charge in [0, 0.05) is 13.1 Å². The normalized spacial score (nSPS) is 12.8. The van der Waals surface area contributed by atoms with E-state index in [1.54, 1.807) is 12.1 Å². The van der Waals surface area contributed by atoms with Crippen LogP contribution >= 0.6 is 11.6 Å². The van der Waals surface area contributed by atoms with E-state index in [-0.39, 0.29) is 22.0 Å². The van der Waals surface area contributed by atoms with Gasteiger partial charge < -0.3 is 10.1 Å². The number of esters is 1. The van der Waals surface area contributed by atoms with Crippen molar-refractivity contribution in [1.82, 2.24) is 5.32 Å². The predicted octanol–water partition coefficient (Wildman–Crippen LogP) is 3.61. The molecule has 1 aliphatic heterocycles. The molecule has 3 aromatic rings. The van der Waals surface area contributed by atoms with Crippen LogP contribution in [-0.4, -0.2) is 40.0 Å². The van der Waals surface area contributed by atoms with Crippen molar-refractivity contribution in [1.29, 1.82) is 0 Å². The zero-order valence-electron chi connectivity index (χ0n) is 18.2. The maximum absolute atomic E-state index is 13.3. The average Bonchev–Trinajstić information content (AvgIpc) is 3.28. The number of nitrogens with one attached hydrogen (secondary N) is 1. The average molecular weight is 499 g/mol. The van der Waals surface area contributed by atoms with E-state index < -0.39 is 28.5 Å². The third kappa shape index (κ3) is 5.24. The molecule has 4 rings (SSSR count). The molecule has 0 aromatic heterocycles. The van der Waals surface area contributed by atoms with E-state index in [1.165, 1.54) is 22.5 Å². The largest absolute Gasteiger partial charge is 0.452 e. The van der Waals surface area contributed by atoms with Crippen molar-refractivity contribution in [3.63, 3.8) is 0 Å². The highest BCUT2D eigenvalue weighted by molar-refractivity contribution is 7.93. The Labute approximate surface area is 203 Å². The number of amides is 1. The number of para-hydroxylation sites is 1. The van der Waals surface area contributed by atoms with E-state index in [0.29, 0.717) is 25.1 Å². The minimum absolute atomic E-state index is 0.000383. The number of nitrogens with zero attached hydrogens (tertiary/aromatic N) is 1. The fraction of sp³-hybridized carbons (Fsp3) is 0.200. The van der Waals surface area contributed by atoms with Gasteiger partial charge >= 0.3 is 5.97 Å². The van der Waals surface area contributed by atoms with Crippen LogP contribution in [0.5, 0.6) is 0 Å². The monoisotopic (exact) mass is 498 g/mol. The van der Waals surface area contributed by atoms with Crippen molar-refractivity contribution < 1.29 is 22.7 Å². The Bertz CT molecular complexity index is 1310. The van der Waals surface area contributed by atoms with Crippen LogP contribution in [0.1, 0.15) is 21.5 Å². The minimum atomic E-state index is -3.99. The molecule has 0 spiro atoms. The van der Waals surface area contributed by atoms with E-state index in [2.05, 4.69) is 5.32 Å². The van der Waals surface area contributed by atoms with E-state index in [0.717, 1.165) is 11.1 Å². The summed E-state index contributed by atoms with van der Waals surface area (Å²) in [7, 11) is -3.99. The van der Waals surface area contributed by atoms with Gasteiger partial charge in [-0.2, -0.15) is 0 Å². The van der Waals surface area contributed by atoms with Crippen LogP contribution in [-0.2, 0) is 32.4 Å². The summed E-state index contributed by atoms with van der Waals surface area (Å²) in [5.41, 5.74) is 2.60. The Hall–Kier alpha value is -3.36. The highest BCUT2D eigenvalue weighted by Gasteiger charge is 2.32. The smallest absolute Gasteiger partial charge is 0.338 e. The Morgan fingerprint density at radius 2 is 1.74 bits per heavy atom. The lowest BCUT2D eigenvalue weighted by Gasteiger charge is -2.20. The van der Waals surface area contributed by atoms with Gasteiger partial charge in [-0.15, -0.1) is 0 Å². The molecule has 9 heteroatoms. The maximum Gasteiger partial charge on any atom is 0.338 e. The molecule has 1 heterocycles. The van der Waals surface area contributed by atoms with Crippen molar-refractivity contribution >= 4 is 39.2 Å². The number of sulfonamides is 1.